The van der Waals surface area contributed by atoms with E-state index < -0.39 is 29.6 Å². The molecule has 0 amide bonds. The van der Waals surface area contributed by atoms with Crippen molar-refractivity contribution in [2.45, 2.75) is 96.6 Å². The third-order valence-electron chi connectivity index (χ3n) is 6.66. The summed E-state index contributed by atoms with van der Waals surface area (Å²) in [7, 11) is 0. The number of halogens is 4. The number of carbonyl (C=O) groups excluding carboxylic acids is 1. The van der Waals surface area contributed by atoms with Gasteiger partial charge in [-0.15, -0.1) is 0 Å². The molecule has 0 bridgehead atoms. The van der Waals surface area contributed by atoms with Gasteiger partial charge in [-0.1, -0.05) is 99.4 Å². The van der Waals surface area contributed by atoms with Gasteiger partial charge in [0, 0.05) is 5.56 Å². The van der Waals surface area contributed by atoms with Crippen molar-refractivity contribution in [2.24, 2.45) is 0 Å². The summed E-state index contributed by atoms with van der Waals surface area (Å²) < 4.78 is 60.0. The predicted octanol–water partition coefficient (Wildman–Crippen LogP) is 11.0. The minimum atomic E-state index is -4.78. The lowest BCUT2D eigenvalue weighted by atomic mass is 9.97. The van der Waals surface area contributed by atoms with E-state index in [1.54, 1.807) is 24.3 Å². The lowest BCUT2D eigenvalue weighted by Gasteiger charge is -2.16. The summed E-state index contributed by atoms with van der Waals surface area (Å²) in [5.74, 6) is -4.00. The number of esters is 1. The third kappa shape index (κ3) is 12.4. The molecule has 0 aliphatic carbocycles. The topological polar surface area (TPSA) is 26.3 Å². The van der Waals surface area contributed by atoms with E-state index in [9.17, 15) is 22.4 Å². The highest BCUT2D eigenvalue weighted by molar-refractivity contribution is 5.79. The van der Waals surface area contributed by atoms with Crippen LogP contribution in [0.15, 0.2) is 84.7 Å². The van der Waals surface area contributed by atoms with E-state index in [0.717, 1.165) is 44.6 Å². The molecule has 0 saturated carbocycles. The van der Waals surface area contributed by atoms with E-state index in [1.807, 2.05) is 6.07 Å². The Balaban J connectivity index is 1.77. The maximum absolute atomic E-state index is 14.7. The monoisotopic (exact) mass is 558 g/mol. The Hall–Kier alpha value is -3.15. The molecule has 0 aliphatic heterocycles. The second kappa shape index (κ2) is 18.2. The summed E-state index contributed by atoms with van der Waals surface area (Å²) in [5.41, 5.74) is 1.27. The van der Waals surface area contributed by atoms with E-state index in [-0.39, 0.29) is 12.0 Å². The Morgan fingerprint density at radius 2 is 1.48 bits per heavy atom. The van der Waals surface area contributed by atoms with Crippen LogP contribution < -0.4 is 0 Å². The average molecular weight is 559 g/mol. The standard InChI is InChI=1S/C34H42F4O2/c1-3-4-5-6-7-8-9-10-11-12-13-14-15-16-20-23-32(34(36,37)38)40-33(39)27(2)29-24-25-30(31(35)26-29)28-21-18-17-19-22-28/h7-8,10-11,17-19,21-27H,3-6,9,12-16,20H2,1-2H3/b8-7-,11-10-,32-23+. The van der Waals surface area contributed by atoms with Crippen molar-refractivity contribution in [2.75, 3.05) is 0 Å². The molecule has 218 valence electrons. The maximum atomic E-state index is 14.7. The fourth-order valence-corrected chi connectivity index (χ4v) is 4.21. The number of carbonyl (C=O) groups is 1. The molecule has 2 rings (SSSR count). The fourth-order valence-electron chi connectivity index (χ4n) is 4.21. The molecular formula is C34H42F4O2. The van der Waals surface area contributed by atoms with Gasteiger partial charge >= 0.3 is 12.1 Å². The van der Waals surface area contributed by atoms with E-state index in [4.69, 9.17) is 4.74 Å². The van der Waals surface area contributed by atoms with E-state index in [0.29, 0.717) is 17.5 Å². The van der Waals surface area contributed by atoms with Crippen LogP contribution in [0.2, 0.25) is 0 Å². The summed E-state index contributed by atoms with van der Waals surface area (Å²) >= 11 is 0. The van der Waals surface area contributed by atoms with E-state index in [2.05, 4.69) is 31.2 Å². The van der Waals surface area contributed by atoms with Crippen molar-refractivity contribution < 1.29 is 27.1 Å². The first kappa shape index (κ1) is 33.1. The van der Waals surface area contributed by atoms with Crippen molar-refractivity contribution in [1.29, 1.82) is 0 Å². The second-order valence-electron chi connectivity index (χ2n) is 9.98. The van der Waals surface area contributed by atoms with Gasteiger partial charge in [0.25, 0.3) is 0 Å². The molecule has 0 aromatic heterocycles. The lowest BCUT2D eigenvalue weighted by molar-refractivity contribution is -0.161. The van der Waals surface area contributed by atoms with Crippen LogP contribution in [0.25, 0.3) is 11.1 Å². The summed E-state index contributed by atoms with van der Waals surface area (Å²) in [5, 5.41) is 0. The number of alkyl halides is 3. The van der Waals surface area contributed by atoms with E-state index >= 15 is 0 Å². The Morgan fingerprint density at radius 3 is 2.08 bits per heavy atom. The summed E-state index contributed by atoms with van der Waals surface area (Å²) in [4.78, 5) is 12.5. The minimum Gasteiger partial charge on any atom is -0.421 e. The number of benzene rings is 2. The molecule has 0 aliphatic rings. The van der Waals surface area contributed by atoms with Gasteiger partial charge in [0.2, 0.25) is 5.76 Å². The first-order valence-corrected chi connectivity index (χ1v) is 14.4. The van der Waals surface area contributed by atoms with Gasteiger partial charge in [0.1, 0.15) is 5.82 Å². The molecule has 2 aromatic rings. The minimum absolute atomic E-state index is 0.162. The first-order valence-electron chi connectivity index (χ1n) is 14.4. The fraction of sp³-hybridized carbons (Fsp3) is 0.441. The van der Waals surface area contributed by atoms with Crippen molar-refractivity contribution in [3.63, 3.8) is 0 Å². The number of ether oxygens (including phenoxy) is 1. The van der Waals surface area contributed by atoms with Crippen molar-refractivity contribution >= 4 is 5.97 Å². The van der Waals surface area contributed by atoms with Crippen LogP contribution in [0.3, 0.4) is 0 Å². The molecule has 0 heterocycles. The zero-order chi connectivity index (χ0) is 29.2. The van der Waals surface area contributed by atoms with Crippen LogP contribution in [0, 0.1) is 5.82 Å². The number of hydrogen-bond donors (Lipinski definition) is 0. The molecule has 0 radical (unpaired) electrons. The van der Waals surface area contributed by atoms with Gasteiger partial charge in [-0.25, -0.2) is 4.39 Å². The third-order valence-corrected chi connectivity index (χ3v) is 6.66. The molecule has 1 unspecified atom stereocenters. The average Bonchev–Trinajstić information content (AvgIpc) is 2.93. The molecule has 2 aromatic carbocycles. The molecule has 6 heteroatoms. The summed E-state index contributed by atoms with van der Waals surface area (Å²) in [6, 6.07) is 13.1. The normalized spacial score (nSPS) is 13.3. The number of hydrogen-bond acceptors (Lipinski definition) is 2. The lowest BCUT2D eigenvalue weighted by Crippen LogP contribution is -2.21. The first-order chi connectivity index (χ1) is 19.2. The SMILES string of the molecule is CCCCC/C=C\C/C=C\CCCCCC/C=C(/OC(=O)C(C)c1ccc(-c2ccccc2)c(F)c1)C(F)(F)F. The highest BCUT2D eigenvalue weighted by Crippen LogP contribution is 2.31. The van der Waals surface area contributed by atoms with Crippen LogP contribution in [0.5, 0.6) is 0 Å². The van der Waals surface area contributed by atoms with Crippen LogP contribution in [-0.2, 0) is 9.53 Å². The van der Waals surface area contributed by atoms with E-state index in [1.165, 1.54) is 44.4 Å². The van der Waals surface area contributed by atoms with Crippen molar-refractivity contribution in [1.82, 2.24) is 0 Å². The zero-order valence-corrected chi connectivity index (χ0v) is 23.7. The van der Waals surface area contributed by atoms with Gasteiger partial charge in [-0.2, -0.15) is 13.2 Å². The number of unbranched alkanes of at least 4 members (excludes halogenated alkanes) is 8. The molecule has 2 nitrogen and oxygen atoms in total. The Labute approximate surface area is 236 Å². The maximum Gasteiger partial charge on any atom is 0.449 e. The number of allylic oxidation sites excluding steroid dienone is 6. The van der Waals surface area contributed by atoms with Crippen LogP contribution in [0.4, 0.5) is 17.6 Å². The molecule has 0 N–H and O–H groups in total. The highest BCUT2D eigenvalue weighted by Gasteiger charge is 2.38. The molecule has 1 atom stereocenters. The molecule has 0 fully saturated rings. The van der Waals surface area contributed by atoms with Gasteiger partial charge in [0.05, 0.1) is 5.92 Å². The van der Waals surface area contributed by atoms with Gasteiger partial charge < -0.3 is 4.74 Å². The van der Waals surface area contributed by atoms with Gasteiger partial charge in [-0.05, 0) is 75.1 Å². The Bertz CT molecular complexity index is 1100. The van der Waals surface area contributed by atoms with Crippen molar-refractivity contribution in [3.8, 4) is 11.1 Å². The van der Waals surface area contributed by atoms with Crippen LogP contribution >= 0.6 is 0 Å². The van der Waals surface area contributed by atoms with Crippen LogP contribution in [0.1, 0.15) is 96.0 Å². The Morgan fingerprint density at radius 1 is 0.850 bits per heavy atom. The highest BCUT2D eigenvalue weighted by atomic mass is 19.4. The van der Waals surface area contributed by atoms with Gasteiger partial charge in [-0.3, -0.25) is 4.79 Å². The molecular weight excluding hydrogens is 516 g/mol. The largest absolute Gasteiger partial charge is 0.449 e. The molecule has 0 saturated heterocycles. The van der Waals surface area contributed by atoms with Gasteiger partial charge in [0.15, 0.2) is 0 Å². The Kier molecular flexibility index (Phi) is 15.1. The molecule has 0 spiro atoms. The summed E-state index contributed by atoms with van der Waals surface area (Å²) in [6.07, 6.45) is 15.1. The summed E-state index contributed by atoms with van der Waals surface area (Å²) in [6.45, 7) is 3.60. The molecule has 40 heavy (non-hydrogen) atoms. The van der Waals surface area contributed by atoms with Crippen LogP contribution in [-0.4, -0.2) is 12.1 Å². The van der Waals surface area contributed by atoms with Crippen molar-refractivity contribution in [3.05, 3.63) is 96.1 Å². The predicted molar refractivity (Wildman–Crippen MR) is 155 cm³/mol. The second-order valence-corrected chi connectivity index (χ2v) is 9.98. The number of rotatable bonds is 17. The zero-order valence-electron chi connectivity index (χ0n) is 23.7. The smallest absolute Gasteiger partial charge is 0.421 e. The quantitative estimate of drug-likeness (QED) is 0.0635.